The van der Waals surface area contributed by atoms with Crippen molar-refractivity contribution in [3.05, 3.63) is 17.5 Å². The van der Waals surface area contributed by atoms with Crippen molar-refractivity contribution < 1.29 is 19.4 Å². The first kappa shape index (κ1) is 16.5. The van der Waals surface area contributed by atoms with Gasteiger partial charge in [-0.2, -0.15) is 5.10 Å². The molecule has 7 nitrogen and oxygen atoms in total. The molecule has 2 rings (SSSR count). The van der Waals surface area contributed by atoms with Crippen LogP contribution in [0.25, 0.3) is 0 Å². The van der Waals surface area contributed by atoms with E-state index in [4.69, 9.17) is 4.74 Å². The molecule has 0 aliphatic carbocycles. The Kier molecular flexibility index (Phi) is 4.85. The van der Waals surface area contributed by atoms with Gasteiger partial charge >= 0.3 is 5.97 Å². The summed E-state index contributed by atoms with van der Waals surface area (Å²) in [5.74, 6) is -1.55. The summed E-state index contributed by atoms with van der Waals surface area (Å²) in [6.07, 6.45) is 2.11. The molecule has 1 aromatic heterocycles. The van der Waals surface area contributed by atoms with Crippen molar-refractivity contribution in [3.63, 3.8) is 0 Å². The Morgan fingerprint density at radius 1 is 1.50 bits per heavy atom. The molecule has 22 heavy (non-hydrogen) atoms. The van der Waals surface area contributed by atoms with Crippen LogP contribution in [0.3, 0.4) is 0 Å². The summed E-state index contributed by atoms with van der Waals surface area (Å²) in [4.78, 5) is 23.8. The van der Waals surface area contributed by atoms with Gasteiger partial charge in [-0.25, -0.2) is 4.79 Å². The van der Waals surface area contributed by atoms with Gasteiger partial charge in [-0.05, 0) is 25.8 Å². The van der Waals surface area contributed by atoms with Crippen LogP contribution in [0.2, 0.25) is 0 Å². The second-order valence-corrected chi connectivity index (χ2v) is 5.73. The van der Waals surface area contributed by atoms with Gasteiger partial charge in [0.1, 0.15) is 5.69 Å². The number of hydrogen-bond donors (Lipinski definition) is 2. The second-order valence-electron chi connectivity index (χ2n) is 5.73. The molecule has 7 heteroatoms. The first-order valence-electron chi connectivity index (χ1n) is 7.63. The van der Waals surface area contributed by atoms with Gasteiger partial charge in [0.2, 0.25) is 0 Å². The number of carbonyl (C=O) groups excluding carboxylic acids is 1. The molecular weight excluding hydrogens is 286 g/mol. The SMILES string of the molecule is CCC(CC)n1nc(C(=O)NC2(C(=O)O)CCOC2)cc1C. The van der Waals surface area contributed by atoms with Gasteiger partial charge in [-0.15, -0.1) is 0 Å². The third-order valence-electron chi connectivity index (χ3n) is 4.23. The average Bonchev–Trinajstić information content (AvgIpc) is 3.09. The molecular formula is C15H23N3O4. The van der Waals surface area contributed by atoms with Crippen LogP contribution in [0.5, 0.6) is 0 Å². The second kappa shape index (κ2) is 6.48. The Hall–Kier alpha value is -1.89. The number of aromatic nitrogens is 2. The Morgan fingerprint density at radius 2 is 2.18 bits per heavy atom. The first-order chi connectivity index (χ1) is 10.4. The lowest BCUT2D eigenvalue weighted by molar-refractivity contribution is -0.144. The molecule has 1 aliphatic rings. The van der Waals surface area contributed by atoms with Gasteiger partial charge in [0.05, 0.1) is 12.6 Å². The van der Waals surface area contributed by atoms with Gasteiger partial charge < -0.3 is 15.2 Å². The van der Waals surface area contributed by atoms with Crippen molar-refractivity contribution in [2.24, 2.45) is 0 Å². The number of carboxylic acid groups (broad SMARTS) is 1. The van der Waals surface area contributed by atoms with Crippen molar-refractivity contribution >= 4 is 11.9 Å². The number of aryl methyl sites for hydroxylation is 1. The molecule has 0 saturated carbocycles. The quantitative estimate of drug-likeness (QED) is 0.831. The van der Waals surface area contributed by atoms with Crippen LogP contribution < -0.4 is 5.32 Å². The van der Waals surface area contributed by atoms with Crippen LogP contribution in [0, 0.1) is 6.92 Å². The van der Waals surface area contributed by atoms with E-state index >= 15 is 0 Å². The Balaban J connectivity index is 2.20. The summed E-state index contributed by atoms with van der Waals surface area (Å²) in [5, 5.41) is 16.3. The van der Waals surface area contributed by atoms with Crippen molar-refractivity contribution in [2.75, 3.05) is 13.2 Å². The highest BCUT2D eigenvalue weighted by Crippen LogP contribution is 2.21. The number of nitrogens with one attached hydrogen (secondary N) is 1. The number of carboxylic acids is 1. The molecule has 1 fully saturated rings. The van der Waals surface area contributed by atoms with E-state index in [0.717, 1.165) is 18.5 Å². The molecule has 0 spiro atoms. The van der Waals surface area contributed by atoms with Crippen molar-refractivity contribution in [1.29, 1.82) is 0 Å². The molecule has 0 radical (unpaired) electrons. The fourth-order valence-electron chi connectivity index (χ4n) is 2.77. The summed E-state index contributed by atoms with van der Waals surface area (Å²) in [6, 6.07) is 1.93. The zero-order valence-electron chi connectivity index (χ0n) is 13.3. The lowest BCUT2D eigenvalue weighted by Crippen LogP contribution is -2.55. The van der Waals surface area contributed by atoms with Crippen LogP contribution in [-0.4, -0.2) is 45.5 Å². The summed E-state index contributed by atoms with van der Waals surface area (Å²) in [5.41, 5.74) is -0.202. The predicted molar refractivity (Wildman–Crippen MR) is 79.9 cm³/mol. The first-order valence-corrected chi connectivity index (χ1v) is 7.63. The maximum Gasteiger partial charge on any atom is 0.331 e. The topological polar surface area (TPSA) is 93.5 Å². The maximum absolute atomic E-state index is 12.4. The standard InChI is InChI=1S/C15H23N3O4/c1-4-11(5-2)18-10(3)8-12(17-18)13(19)16-15(14(20)21)6-7-22-9-15/h8,11H,4-7,9H2,1-3H3,(H,16,19)(H,20,21). The molecule has 1 amide bonds. The van der Waals surface area contributed by atoms with Gasteiger partial charge in [0.15, 0.2) is 5.54 Å². The largest absolute Gasteiger partial charge is 0.479 e. The fourth-order valence-corrected chi connectivity index (χ4v) is 2.77. The summed E-state index contributed by atoms with van der Waals surface area (Å²) < 4.78 is 6.98. The average molecular weight is 309 g/mol. The van der Waals surface area contributed by atoms with E-state index in [2.05, 4.69) is 24.3 Å². The molecule has 2 heterocycles. The van der Waals surface area contributed by atoms with E-state index in [1.165, 1.54) is 0 Å². The zero-order chi connectivity index (χ0) is 16.3. The molecule has 1 saturated heterocycles. The lowest BCUT2D eigenvalue weighted by atomic mass is 9.99. The molecule has 2 N–H and O–H groups in total. The summed E-state index contributed by atoms with van der Waals surface area (Å²) >= 11 is 0. The van der Waals surface area contributed by atoms with E-state index in [-0.39, 0.29) is 24.8 Å². The third kappa shape index (κ3) is 2.99. The van der Waals surface area contributed by atoms with Crippen LogP contribution in [0.1, 0.15) is 55.3 Å². The zero-order valence-corrected chi connectivity index (χ0v) is 13.3. The van der Waals surface area contributed by atoms with Gasteiger partial charge in [-0.3, -0.25) is 9.48 Å². The third-order valence-corrected chi connectivity index (χ3v) is 4.23. The number of aliphatic carboxylic acids is 1. The van der Waals surface area contributed by atoms with E-state index in [0.29, 0.717) is 6.61 Å². The number of ether oxygens (including phenoxy) is 1. The number of amides is 1. The van der Waals surface area contributed by atoms with Gasteiger partial charge in [0.25, 0.3) is 5.91 Å². The van der Waals surface area contributed by atoms with Crippen LogP contribution >= 0.6 is 0 Å². The minimum Gasteiger partial charge on any atom is -0.479 e. The van der Waals surface area contributed by atoms with Crippen molar-refractivity contribution in [1.82, 2.24) is 15.1 Å². The Bertz CT molecular complexity index is 557. The lowest BCUT2D eigenvalue weighted by Gasteiger charge is -2.23. The summed E-state index contributed by atoms with van der Waals surface area (Å²) in [7, 11) is 0. The molecule has 1 atom stereocenters. The molecule has 1 aliphatic heterocycles. The van der Waals surface area contributed by atoms with Crippen molar-refractivity contribution in [2.45, 2.75) is 51.6 Å². The van der Waals surface area contributed by atoms with Crippen LogP contribution in [-0.2, 0) is 9.53 Å². The number of carbonyl (C=O) groups is 2. The van der Waals surface area contributed by atoms with Gasteiger partial charge in [0, 0.05) is 18.7 Å². The van der Waals surface area contributed by atoms with E-state index < -0.39 is 17.4 Å². The van der Waals surface area contributed by atoms with E-state index in [1.807, 2.05) is 11.6 Å². The molecule has 122 valence electrons. The van der Waals surface area contributed by atoms with Gasteiger partial charge in [-0.1, -0.05) is 13.8 Å². The highest BCUT2D eigenvalue weighted by atomic mass is 16.5. The fraction of sp³-hybridized carbons (Fsp3) is 0.667. The Labute approximate surface area is 129 Å². The van der Waals surface area contributed by atoms with Crippen LogP contribution in [0.15, 0.2) is 6.07 Å². The molecule has 0 bridgehead atoms. The van der Waals surface area contributed by atoms with E-state index in [9.17, 15) is 14.7 Å². The monoisotopic (exact) mass is 309 g/mol. The number of hydrogen-bond acceptors (Lipinski definition) is 4. The molecule has 0 aromatic carbocycles. The number of rotatable bonds is 6. The minimum atomic E-state index is -1.34. The highest BCUT2D eigenvalue weighted by Gasteiger charge is 2.44. The van der Waals surface area contributed by atoms with E-state index in [1.54, 1.807) is 6.07 Å². The van der Waals surface area contributed by atoms with Crippen LogP contribution in [0.4, 0.5) is 0 Å². The van der Waals surface area contributed by atoms with Crippen molar-refractivity contribution in [3.8, 4) is 0 Å². The highest BCUT2D eigenvalue weighted by molar-refractivity contribution is 5.96. The Morgan fingerprint density at radius 3 is 2.68 bits per heavy atom. The minimum absolute atomic E-state index is 0.0136. The summed E-state index contributed by atoms with van der Waals surface area (Å²) in [6.45, 7) is 6.36. The maximum atomic E-state index is 12.4. The molecule has 1 aromatic rings. The normalized spacial score (nSPS) is 21.3. The molecule has 1 unspecified atom stereocenters. The number of nitrogens with zero attached hydrogens (tertiary/aromatic N) is 2. The smallest absolute Gasteiger partial charge is 0.331 e. The predicted octanol–water partition coefficient (Wildman–Crippen LogP) is 1.53.